The Bertz CT molecular complexity index is 351. The zero-order valence-corrected chi connectivity index (χ0v) is 10.2. The molecule has 3 nitrogen and oxygen atoms in total. The zero-order valence-electron chi connectivity index (χ0n) is 10.2. The summed E-state index contributed by atoms with van der Waals surface area (Å²) in [6.07, 6.45) is 1.68. The maximum Gasteiger partial charge on any atom is 0.253 e. The number of rotatable bonds is 6. The van der Waals surface area contributed by atoms with Gasteiger partial charge in [-0.25, -0.2) is 4.39 Å². The fourth-order valence-corrected chi connectivity index (χ4v) is 1.64. The second-order valence-corrected chi connectivity index (χ2v) is 3.94. The van der Waals surface area contributed by atoms with Gasteiger partial charge in [0, 0.05) is 18.7 Å². The summed E-state index contributed by atoms with van der Waals surface area (Å²) in [5, 5.41) is 0. The number of amides is 1. The average molecular weight is 238 g/mol. The predicted molar refractivity (Wildman–Crippen MR) is 66.3 cm³/mol. The van der Waals surface area contributed by atoms with Crippen LogP contribution in [0.3, 0.4) is 0 Å². The minimum atomic E-state index is -0.328. The standard InChI is InChI=1S/C13H19FN2O/c1-2-9-16(10-3-8-15)13(17)11-4-6-12(14)7-5-11/h4-7H,2-3,8-10,15H2,1H3. The number of halogens is 1. The van der Waals surface area contributed by atoms with E-state index in [0.29, 0.717) is 25.2 Å². The van der Waals surface area contributed by atoms with Crippen LogP contribution in [0.2, 0.25) is 0 Å². The lowest BCUT2D eigenvalue weighted by molar-refractivity contribution is 0.0754. The van der Waals surface area contributed by atoms with Crippen molar-refractivity contribution in [2.75, 3.05) is 19.6 Å². The molecule has 0 heterocycles. The van der Waals surface area contributed by atoms with E-state index in [4.69, 9.17) is 5.73 Å². The smallest absolute Gasteiger partial charge is 0.253 e. The molecule has 0 saturated carbocycles. The lowest BCUT2D eigenvalue weighted by atomic mass is 10.2. The van der Waals surface area contributed by atoms with Crippen molar-refractivity contribution < 1.29 is 9.18 Å². The van der Waals surface area contributed by atoms with E-state index in [-0.39, 0.29) is 11.7 Å². The van der Waals surface area contributed by atoms with Gasteiger partial charge in [-0.3, -0.25) is 4.79 Å². The molecule has 2 N–H and O–H groups in total. The highest BCUT2D eigenvalue weighted by Crippen LogP contribution is 2.08. The van der Waals surface area contributed by atoms with Gasteiger partial charge in [0.15, 0.2) is 0 Å². The summed E-state index contributed by atoms with van der Waals surface area (Å²) in [5.74, 6) is -0.383. The maximum atomic E-state index is 12.8. The minimum Gasteiger partial charge on any atom is -0.339 e. The van der Waals surface area contributed by atoms with Gasteiger partial charge >= 0.3 is 0 Å². The van der Waals surface area contributed by atoms with Gasteiger partial charge in [0.2, 0.25) is 0 Å². The van der Waals surface area contributed by atoms with Crippen molar-refractivity contribution in [3.63, 3.8) is 0 Å². The molecule has 94 valence electrons. The van der Waals surface area contributed by atoms with E-state index in [9.17, 15) is 9.18 Å². The van der Waals surface area contributed by atoms with Crippen LogP contribution in [-0.2, 0) is 0 Å². The van der Waals surface area contributed by atoms with E-state index < -0.39 is 0 Å². The quantitative estimate of drug-likeness (QED) is 0.824. The molecule has 1 aromatic rings. The molecule has 17 heavy (non-hydrogen) atoms. The molecule has 1 aromatic carbocycles. The summed E-state index contributed by atoms with van der Waals surface area (Å²) in [6.45, 7) is 3.95. The molecule has 4 heteroatoms. The number of hydrogen-bond donors (Lipinski definition) is 1. The van der Waals surface area contributed by atoms with Gasteiger partial charge in [-0.2, -0.15) is 0 Å². The molecule has 0 unspecified atom stereocenters. The van der Waals surface area contributed by atoms with E-state index in [1.807, 2.05) is 6.92 Å². The van der Waals surface area contributed by atoms with Gasteiger partial charge in [-0.15, -0.1) is 0 Å². The van der Waals surface area contributed by atoms with Crippen molar-refractivity contribution in [1.29, 1.82) is 0 Å². The summed E-state index contributed by atoms with van der Waals surface area (Å²) in [4.78, 5) is 13.9. The third-order valence-corrected chi connectivity index (χ3v) is 2.50. The number of nitrogens with zero attached hydrogens (tertiary/aromatic N) is 1. The van der Waals surface area contributed by atoms with Crippen LogP contribution in [0, 0.1) is 5.82 Å². The number of carbonyl (C=O) groups excluding carboxylic acids is 1. The minimum absolute atomic E-state index is 0.0553. The Labute approximate surface area is 101 Å². The van der Waals surface area contributed by atoms with Gasteiger partial charge in [-0.1, -0.05) is 6.92 Å². The number of hydrogen-bond acceptors (Lipinski definition) is 2. The lowest BCUT2D eigenvalue weighted by Gasteiger charge is -2.21. The van der Waals surface area contributed by atoms with Crippen molar-refractivity contribution in [2.24, 2.45) is 5.73 Å². The van der Waals surface area contributed by atoms with Gasteiger partial charge < -0.3 is 10.6 Å². The Morgan fingerprint density at radius 1 is 1.29 bits per heavy atom. The topological polar surface area (TPSA) is 46.3 Å². The highest BCUT2D eigenvalue weighted by Gasteiger charge is 2.14. The van der Waals surface area contributed by atoms with Crippen LogP contribution in [-0.4, -0.2) is 30.4 Å². The second kappa shape index (κ2) is 7.01. The largest absolute Gasteiger partial charge is 0.339 e. The molecule has 0 aromatic heterocycles. The van der Waals surface area contributed by atoms with Crippen LogP contribution in [0.25, 0.3) is 0 Å². The molecule has 0 fully saturated rings. The Hall–Kier alpha value is -1.42. The number of benzene rings is 1. The van der Waals surface area contributed by atoms with Crippen molar-refractivity contribution in [1.82, 2.24) is 4.90 Å². The first kappa shape index (κ1) is 13.6. The Kier molecular flexibility index (Phi) is 5.63. The lowest BCUT2D eigenvalue weighted by Crippen LogP contribution is -2.33. The van der Waals surface area contributed by atoms with Crippen LogP contribution >= 0.6 is 0 Å². The monoisotopic (exact) mass is 238 g/mol. The van der Waals surface area contributed by atoms with Crippen LogP contribution in [0.5, 0.6) is 0 Å². The third-order valence-electron chi connectivity index (χ3n) is 2.50. The molecule has 0 saturated heterocycles. The Morgan fingerprint density at radius 2 is 1.94 bits per heavy atom. The molecule has 1 amide bonds. The van der Waals surface area contributed by atoms with Crippen molar-refractivity contribution >= 4 is 5.91 Å². The molecular formula is C13H19FN2O. The fraction of sp³-hybridized carbons (Fsp3) is 0.462. The maximum absolute atomic E-state index is 12.8. The second-order valence-electron chi connectivity index (χ2n) is 3.94. The molecule has 0 aliphatic carbocycles. The highest BCUT2D eigenvalue weighted by molar-refractivity contribution is 5.94. The molecule has 0 bridgehead atoms. The molecular weight excluding hydrogens is 219 g/mol. The number of nitrogens with two attached hydrogens (primary N) is 1. The van der Waals surface area contributed by atoms with Crippen molar-refractivity contribution in [3.8, 4) is 0 Å². The van der Waals surface area contributed by atoms with Gasteiger partial charge in [0.1, 0.15) is 5.82 Å². The van der Waals surface area contributed by atoms with Gasteiger partial charge in [0.05, 0.1) is 0 Å². The molecule has 0 atom stereocenters. The zero-order chi connectivity index (χ0) is 12.7. The van der Waals surface area contributed by atoms with E-state index in [1.165, 1.54) is 24.3 Å². The summed E-state index contributed by atoms with van der Waals surface area (Å²) in [5.41, 5.74) is 5.97. The van der Waals surface area contributed by atoms with E-state index in [0.717, 1.165) is 12.8 Å². The Morgan fingerprint density at radius 3 is 2.47 bits per heavy atom. The molecule has 1 rings (SSSR count). The third kappa shape index (κ3) is 4.15. The summed E-state index contributed by atoms with van der Waals surface area (Å²) < 4.78 is 12.8. The first-order valence-electron chi connectivity index (χ1n) is 5.94. The van der Waals surface area contributed by atoms with Crippen LogP contribution in [0.4, 0.5) is 4.39 Å². The van der Waals surface area contributed by atoms with E-state index in [2.05, 4.69) is 0 Å². The molecule has 0 radical (unpaired) electrons. The van der Waals surface area contributed by atoms with Gasteiger partial charge in [-0.05, 0) is 43.7 Å². The van der Waals surface area contributed by atoms with Crippen molar-refractivity contribution in [2.45, 2.75) is 19.8 Å². The van der Waals surface area contributed by atoms with Crippen molar-refractivity contribution in [3.05, 3.63) is 35.6 Å². The van der Waals surface area contributed by atoms with Crippen LogP contribution in [0.1, 0.15) is 30.1 Å². The average Bonchev–Trinajstić information content (AvgIpc) is 2.34. The van der Waals surface area contributed by atoms with E-state index in [1.54, 1.807) is 4.90 Å². The first-order valence-corrected chi connectivity index (χ1v) is 5.94. The fourth-order valence-electron chi connectivity index (χ4n) is 1.64. The SMILES string of the molecule is CCCN(CCCN)C(=O)c1ccc(F)cc1. The summed E-state index contributed by atoms with van der Waals surface area (Å²) in [6, 6.07) is 5.64. The van der Waals surface area contributed by atoms with Crippen LogP contribution < -0.4 is 5.73 Å². The van der Waals surface area contributed by atoms with Crippen LogP contribution in [0.15, 0.2) is 24.3 Å². The van der Waals surface area contributed by atoms with Gasteiger partial charge in [0.25, 0.3) is 5.91 Å². The molecule has 0 spiro atoms. The summed E-state index contributed by atoms with van der Waals surface area (Å²) in [7, 11) is 0. The normalized spacial score (nSPS) is 10.3. The molecule has 0 aliphatic rings. The molecule has 0 aliphatic heterocycles. The predicted octanol–water partition coefficient (Wildman–Crippen LogP) is 2.03. The highest BCUT2D eigenvalue weighted by atomic mass is 19.1. The van der Waals surface area contributed by atoms with E-state index >= 15 is 0 Å². The first-order chi connectivity index (χ1) is 8.19. The summed E-state index contributed by atoms with van der Waals surface area (Å²) >= 11 is 0. The Balaban J connectivity index is 2.72. The number of carbonyl (C=O) groups is 1.